The van der Waals surface area contributed by atoms with E-state index in [2.05, 4.69) is 25.3 Å². The third-order valence-corrected chi connectivity index (χ3v) is 5.74. The molecule has 34 heavy (non-hydrogen) atoms. The highest BCUT2D eigenvalue weighted by atomic mass is 19.3. The summed E-state index contributed by atoms with van der Waals surface area (Å²) >= 11 is 0. The molecule has 0 saturated heterocycles. The van der Waals surface area contributed by atoms with E-state index < -0.39 is 18.1 Å². The highest BCUT2D eigenvalue weighted by molar-refractivity contribution is 5.70. The Kier molecular flexibility index (Phi) is 6.94. The van der Waals surface area contributed by atoms with E-state index in [1.165, 1.54) is 4.68 Å². The van der Waals surface area contributed by atoms with Gasteiger partial charge in [-0.1, -0.05) is 5.21 Å². The van der Waals surface area contributed by atoms with Gasteiger partial charge >= 0.3 is 5.97 Å². The molecule has 3 heterocycles. The van der Waals surface area contributed by atoms with Crippen LogP contribution >= 0.6 is 0 Å². The Hall–Kier alpha value is -3.70. The fourth-order valence-electron chi connectivity index (χ4n) is 3.89. The molecule has 2 atom stereocenters. The molecule has 3 aromatic rings. The number of carbonyl (C=O) groups is 1. The fraction of sp³-hybridized carbons (Fsp3) is 0.455. The van der Waals surface area contributed by atoms with E-state index in [0.29, 0.717) is 41.4 Å². The SMILES string of the molecule is Cc1nc(-c2nnn(C)c2COc2cc(C(F)F)ncn2)ccc1O[C@H]1CCC[C@H](C(=O)O)C1. The number of alkyl halides is 2. The predicted molar refractivity (Wildman–Crippen MR) is 114 cm³/mol. The van der Waals surface area contributed by atoms with Crippen LogP contribution in [0.3, 0.4) is 0 Å². The standard InChI is InChI=1S/C22H24F2N6O4/c1-12-18(34-14-5-3-4-13(8-14)22(31)32)7-6-15(27-12)20-17(30(2)29-28-20)10-33-19-9-16(21(23)24)25-11-26-19/h6-7,9,11,13-14,21H,3-5,8,10H2,1-2H3,(H,31,32)/t13-,14-/m0/s1. The molecule has 0 bridgehead atoms. The maximum absolute atomic E-state index is 12.9. The summed E-state index contributed by atoms with van der Waals surface area (Å²) < 4.78 is 38.9. The van der Waals surface area contributed by atoms with Gasteiger partial charge < -0.3 is 14.6 Å². The Bertz CT molecular complexity index is 1170. The van der Waals surface area contributed by atoms with E-state index in [1.54, 1.807) is 26.1 Å². The highest BCUT2D eigenvalue weighted by Gasteiger charge is 2.28. The van der Waals surface area contributed by atoms with Crippen LogP contribution in [0.2, 0.25) is 0 Å². The van der Waals surface area contributed by atoms with Crippen molar-refractivity contribution in [2.24, 2.45) is 13.0 Å². The number of nitrogens with zero attached hydrogens (tertiary/aromatic N) is 6. The quantitative estimate of drug-likeness (QED) is 0.522. The molecule has 12 heteroatoms. The lowest BCUT2D eigenvalue weighted by Gasteiger charge is -2.27. The van der Waals surface area contributed by atoms with Crippen molar-refractivity contribution in [3.63, 3.8) is 0 Å². The molecule has 10 nitrogen and oxygen atoms in total. The van der Waals surface area contributed by atoms with Crippen LogP contribution in [0.1, 0.15) is 49.2 Å². The Morgan fingerprint density at radius 1 is 1.29 bits per heavy atom. The maximum atomic E-state index is 12.9. The molecule has 3 aromatic heterocycles. The van der Waals surface area contributed by atoms with Crippen molar-refractivity contribution in [3.05, 3.63) is 41.6 Å². The second kappa shape index (κ2) is 10.1. The number of hydrogen-bond donors (Lipinski definition) is 1. The topological polar surface area (TPSA) is 125 Å². The normalized spacial score (nSPS) is 18.1. The number of carboxylic acid groups (broad SMARTS) is 1. The van der Waals surface area contributed by atoms with Crippen molar-refractivity contribution in [1.82, 2.24) is 29.9 Å². The second-order valence-electron chi connectivity index (χ2n) is 8.10. The van der Waals surface area contributed by atoms with Crippen molar-refractivity contribution in [1.29, 1.82) is 0 Å². The van der Waals surface area contributed by atoms with Gasteiger partial charge in [0.1, 0.15) is 35.8 Å². The van der Waals surface area contributed by atoms with Crippen LogP contribution in [0.25, 0.3) is 11.4 Å². The van der Waals surface area contributed by atoms with E-state index in [4.69, 9.17) is 9.47 Å². The highest BCUT2D eigenvalue weighted by Crippen LogP contribution is 2.30. The molecule has 180 valence electrons. The van der Waals surface area contributed by atoms with Crippen molar-refractivity contribution < 1.29 is 28.2 Å². The fourth-order valence-corrected chi connectivity index (χ4v) is 3.89. The molecule has 1 aliphatic carbocycles. The van der Waals surface area contributed by atoms with Gasteiger partial charge in [0.2, 0.25) is 5.88 Å². The monoisotopic (exact) mass is 474 g/mol. The first-order valence-corrected chi connectivity index (χ1v) is 10.8. The number of halogens is 2. The van der Waals surface area contributed by atoms with Crippen LogP contribution in [-0.2, 0) is 18.4 Å². The van der Waals surface area contributed by atoms with E-state index in [1.807, 2.05) is 0 Å². The van der Waals surface area contributed by atoms with Gasteiger partial charge in [-0.3, -0.25) is 4.79 Å². The zero-order valence-electron chi connectivity index (χ0n) is 18.7. The van der Waals surface area contributed by atoms with Gasteiger partial charge in [-0.05, 0) is 44.7 Å². The van der Waals surface area contributed by atoms with Crippen LogP contribution in [0.15, 0.2) is 24.5 Å². The lowest BCUT2D eigenvalue weighted by molar-refractivity contribution is -0.143. The Labute approximate surface area is 194 Å². The summed E-state index contributed by atoms with van der Waals surface area (Å²) in [5, 5.41) is 17.5. The lowest BCUT2D eigenvalue weighted by Crippen LogP contribution is -2.29. The molecule has 0 spiro atoms. The minimum atomic E-state index is -2.73. The number of carboxylic acids is 1. The minimum Gasteiger partial charge on any atom is -0.489 e. The van der Waals surface area contributed by atoms with Crippen molar-refractivity contribution in [2.75, 3.05) is 0 Å². The molecule has 0 aliphatic heterocycles. The molecule has 1 saturated carbocycles. The average Bonchev–Trinajstić information content (AvgIpc) is 3.19. The average molecular weight is 474 g/mol. The number of aliphatic carboxylic acids is 1. The molecular formula is C22H24F2N6O4. The molecule has 0 amide bonds. The summed E-state index contributed by atoms with van der Waals surface area (Å²) in [6.07, 6.45) is 0.865. The summed E-state index contributed by atoms with van der Waals surface area (Å²) in [5.74, 6) is -0.581. The van der Waals surface area contributed by atoms with Crippen LogP contribution < -0.4 is 9.47 Å². The second-order valence-corrected chi connectivity index (χ2v) is 8.10. The van der Waals surface area contributed by atoms with Crippen molar-refractivity contribution in [3.8, 4) is 23.0 Å². The summed E-state index contributed by atoms with van der Waals surface area (Å²) in [6, 6.07) is 4.61. The van der Waals surface area contributed by atoms with Gasteiger partial charge in [0.15, 0.2) is 0 Å². The Morgan fingerprint density at radius 2 is 2.12 bits per heavy atom. The number of hydrogen-bond acceptors (Lipinski definition) is 8. The molecule has 0 aromatic carbocycles. The molecule has 1 N–H and O–H groups in total. The molecule has 1 fully saturated rings. The summed E-state index contributed by atoms with van der Waals surface area (Å²) in [5.41, 5.74) is 1.80. The maximum Gasteiger partial charge on any atom is 0.306 e. The zero-order valence-corrected chi connectivity index (χ0v) is 18.7. The van der Waals surface area contributed by atoms with Gasteiger partial charge in [0, 0.05) is 13.1 Å². The first kappa shape index (κ1) is 23.5. The van der Waals surface area contributed by atoms with Crippen LogP contribution in [0.4, 0.5) is 8.78 Å². The van der Waals surface area contributed by atoms with Crippen LogP contribution in [-0.4, -0.2) is 47.1 Å². The van der Waals surface area contributed by atoms with Crippen molar-refractivity contribution >= 4 is 5.97 Å². The van der Waals surface area contributed by atoms with Gasteiger partial charge in [0.25, 0.3) is 6.43 Å². The number of pyridine rings is 1. The summed E-state index contributed by atoms with van der Waals surface area (Å²) in [6.45, 7) is 1.78. The first-order chi connectivity index (χ1) is 16.3. The van der Waals surface area contributed by atoms with Gasteiger partial charge in [-0.15, -0.1) is 5.10 Å². The third kappa shape index (κ3) is 5.26. The number of aryl methyl sites for hydroxylation is 2. The summed E-state index contributed by atoms with van der Waals surface area (Å²) in [7, 11) is 1.69. The van der Waals surface area contributed by atoms with E-state index in [-0.39, 0.29) is 24.5 Å². The Morgan fingerprint density at radius 3 is 2.85 bits per heavy atom. The summed E-state index contributed by atoms with van der Waals surface area (Å²) in [4.78, 5) is 23.3. The van der Waals surface area contributed by atoms with E-state index in [9.17, 15) is 18.7 Å². The predicted octanol–water partition coefficient (Wildman–Crippen LogP) is 3.51. The van der Waals surface area contributed by atoms with Gasteiger partial charge in [0.05, 0.1) is 23.4 Å². The smallest absolute Gasteiger partial charge is 0.306 e. The molecule has 0 unspecified atom stereocenters. The molecule has 1 aliphatic rings. The third-order valence-electron chi connectivity index (χ3n) is 5.74. The molecule has 0 radical (unpaired) electrons. The van der Waals surface area contributed by atoms with Crippen molar-refractivity contribution in [2.45, 2.75) is 51.7 Å². The molecular weight excluding hydrogens is 450 g/mol. The van der Waals surface area contributed by atoms with E-state index in [0.717, 1.165) is 25.2 Å². The molecule has 4 rings (SSSR count). The van der Waals surface area contributed by atoms with Crippen LogP contribution in [0.5, 0.6) is 11.6 Å². The number of aromatic nitrogens is 6. The number of ether oxygens (including phenoxy) is 2. The number of rotatable bonds is 8. The van der Waals surface area contributed by atoms with Crippen LogP contribution in [0, 0.1) is 12.8 Å². The van der Waals surface area contributed by atoms with Gasteiger partial charge in [-0.2, -0.15) is 0 Å². The Balaban J connectivity index is 1.48. The first-order valence-electron chi connectivity index (χ1n) is 10.8. The minimum absolute atomic E-state index is 0.0116. The van der Waals surface area contributed by atoms with Gasteiger partial charge in [-0.25, -0.2) is 28.4 Å². The van der Waals surface area contributed by atoms with E-state index >= 15 is 0 Å². The largest absolute Gasteiger partial charge is 0.489 e. The lowest BCUT2D eigenvalue weighted by atomic mass is 9.87. The zero-order chi connectivity index (χ0) is 24.2.